The van der Waals surface area contributed by atoms with Crippen LogP contribution in [0.25, 0.3) is 0 Å². The molecule has 0 saturated carbocycles. The van der Waals surface area contributed by atoms with Crippen LogP contribution in [0.4, 0.5) is 0 Å². The van der Waals surface area contributed by atoms with Gasteiger partial charge in [0, 0.05) is 10.8 Å². The molecule has 3 aromatic rings. The Morgan fingerprint density at radius 3 is 1.57 bits per heavy atom. The Morgan fingerprint density at radius 2 is 1.05 bits per heavy atom. The Hall–Kier alpha value is -2.36. The maximum absolute atomic E-state index is 12.8. The third kappa shape index (κ3) is 9.47. The van der Waals surface area contributed by atoms with Crippen molar-refractivity contribution >= 4 is 31.6 Å². The monoisotopic (exact) mass is 564 g/mol. The zero-order chi connectivity index (χ0) is 26.6. The van der Waals surface area contributed by atoms with Crippen molar-refractivity contribution in [1.82, 2.24) is 0 Å². The number of hydrogen-bond donors (Lipinski definition) is 0. The molecule has 0 atom stereocenters. The van der Waals surface area contributed by atoms with Crippen molar-refractivity contribution in [2.24, 2.45) is 0 Å². The molecule has 1 aromatic heterocycles. The second-order valence-corrected chi connectivity index (χ2v) is 12.9. The first-order valence-electron chi connectivity index (χ1n) is 12.9. The second-order valence-electron chi connectivity index (χ2n) is 9.06. The molecule has 0 radical (unpaired) electrons. The molecule has 0 saturated heterocycles. The van der Waals surface area contributed by atoms with Crippen molar-refractivity contribution < 1.29 is 25.2 Å². The van der Waals surface area contributed by atoms with Crippen LogP contribution in [-0.2, 0) is 26.7 Å². The van der Waals surface area contributed by atoms with Gasteiger partial charge in [-0.1, -0.05) is 95.0 Å². The highest BCUT2D eigenvalue weighted by Gasteiger charge is 2.24. The minimum Gasteiger partial charge on any atom is -0.374 e. The first-order valence-corrected chi connectivity index (χ1v) is 16.7. The van der Waals surface area contributed by atoms with E-state index in [1.54, 1.807) is 30.3 Å². The van der Waals surface area contributed by atoms with Crippen molar-refractivity contribution in [2.45, 2.75) is 87.3 Å². The first kappa shape index (κ1) is 29.2. The lowest BCUT2D eigenvalue weighted by Gasteiger charge is -2.10. The summed E-state index contributed by atoms with van der Waals surface area (Å²) in [6, 6.07) is 14.3. The zero-order valence-electron chi connectivity index (χ0n) is 21.3. The fraction of sp³-hybridized carbons (Fsp3) is 0.429. The molecule has 1 heterocycles. The molecule has 3 rings (SSSR count). The largest absolute Gasteiger partial charge is 0.374 e. The summed E-state index contributed by atoms with van der Waals surface area (Å²) in [6.07, 6.45) is 13.6. The lowest BCUT2D eigenvalue weighted by molar-refractivity contribution is 0.451. The van der Waals surface area contributed by atoms with Gasteiger partial charge in [0.1, 0.15) is 9.79 Å². The molecule has 0 spiro atoms. The fourth-order valence-electron chi connectivity index (χ4n) is 3.95. The SMILES string of the molecule is CCCCCCCCCCCCc1ccc(S(=O)(=O)Oc2cscc2OS(=O)(=O)c2ccccc2)cc1. The fourth-order valence-corrected chi connectivity index (χ4v) is 6.61. The summed E-state index contributed by atoms with van der Waals surface area (Å²) in [4.78, 5) is -0.0320. The molecule has 0 N–H and O–H groups in total. The van der Waals surface area contributed by atoms with E-state index in [0.717, 1.165) is 29.7 Å². The molecule has 37 heavy (non-hydrogen) atoms. The van der Waals surface area contributed by atoms with Gasteiger partial charge in [0.25, 0.3) is 0 Å². The molecule has 0 unspecified atom stereocenters. The summed E-state index contributed by atoms with van der Waals surface area (Å²) in [5.41, 5.74) is 1.08. The number of unbranched alkanes of at least 4 members (excludes halogenated alkanes) is 9. The third-order valence-corrected chi connectivity index (χ3v) is 9.25. The van der Waals surface area contributed by atoms with Crippen molar-refractivity contribution in [3.05, 3.63) is 70.9 Å². The molecule has 0 fully saturated rings. The lowest BCUT2D eigenvalue weighted by Crippen LogP contribution is -2.12. The van der Waals surface area contributed by atoms with E-state index in [2.05, 4.69) is 6.92 Å². The average molecular weight is 565 g/mol. The van der Waals surface area contributed by atoms with Crippen molar-refractivity contribution in [3.8, 4) is 11.5 Å². The minimum atomic E-state index is -4.15. The van der Waals surface area contributed by atoms with Crippen LogP contribution < -0.4 is 8.37 Å². The van der Waals surface area contributed by atoms with Gasteiger partial charge in [0.15, 0.2) is 11.5 Å². The highest BCUT2D eigenvalue weighted by molar-refractivity contribution is 7.87. The second kappa shape index (κ2) is 14.5. The summed E-state index contributed by atoms with van der Waals surface area (Å²) < 4.78 is 61.1. The van der Waals surface area contributed by atoms with Crippen molar-refractivity contribution in [1.29, 1.82) is 0 Å². The molecule has 6 nitrogen and oxygen atoms in total. The van der Waals surface area contributed by atoms with E-state index in [1.807, 2.05) is 0 Å². The topological polar surface area (TPSA) is 86.7 Å². The van der Waals surface area contributed by atoms with Crippen molar-refractivity contribution in [2.75, 3.05) is 0 Å². The van der Waals surface area contributed by atoms with Gasteiger partial charge in [0.2, 0.25) is 0 Å². The van der Waals surface area contributed by atoms with Gasteiger partial charge in [-0.3, -0.25) is 0 Å². The number of benzene rings is 2. The molecule has 202 valence electrons. The molecule has 2 aromatic carbocycles. The van der Waals surface area contributed by atoms with Gasteiger partial charge in [0.05, 0.1) is 0 Å². The van der Waals surface area contributed by atoms with Gasteiger partial charge < -0.3 is 8.37 Å². The zero-order valence-corrected chi connectivity index (χ0v) is 23.8. The molecule has 9 heteroatoms. The number of rotatable bonds is 17. The predicted octanol–water partition coefficient (Wildman–Crippen LogP) is 7.75. The molecule has 0 amide bonds. The third-order valence-electron chi connectivity index (χ3n) is 6.05. The van der Waals surface area contributed by atoms with Crippen molar-refractivity contribution in [3.63, 3.8) is 0 Å². The Bertz CT molecular complexity index is 1280. The number of thiophene rings is 1. The highest BCUT2D eigenvalue weighted by Crippen LogP contribution is 2.36. The molecular formula is C28H36O6S3. The summed E-state index contributed by atoms with van der Waals surface area (Å²) in [7, 11) is -8.28. The van der Waals surface area contributed by atoms with Gasteiger partial charge >= 0.3 is 20.2 Å². The van der Waals surface area contributed by atoms with Crippen LogP contribution in [0.2, 0.25) is 0 Å². The van der Waals surface area contributed by atoms with Crippen LogP contribution in [-0.4, -0.2) is 16.8 Å². The molecular weight excluding hydrogens is 529 g/mol. The highest BCUT2D eigenvalue weighted by atomic mass is 32.2. The van der Waals surface area contributed by atoms with Gasteiger partial charge in [-0.2, -0.15) is 16.8 Å². The van der Waals surface area contributed by atoms with E-state index < -0.39 is 20.2 Å². The predicted molar refractivity (Wildman–Crippen MR) is 148 cm³/mol. The standard InChI is InChI=1S/C28H36O6S3/c1-2-3-4-5-6-7-8-9-10-12-15-24-18-20-26(21-19-24)37(31,32)34-28-23-35-22-27(28)33-36(29,30)25-16-13-11-14-17-25/h11,13-14,16-23H,2-10,12,15H2,1H3. The minimum absolute atomic E-state index is 0.00221. The summed E-state index contributed by atoms with van der Waals surface area (Å²) in [5.74, 6) is -0.339. The Morgan fingerprint density at radius 1 is 0.595 bits per heavy atom. The van der Waals surface area contributed by atoms with E-state index in [0.29, 0.717) is 0 Å². The molecule has 0 aliphatic carbocycles. The van der Waals surface area contributed by atoms with Crippen LogP contribution in [0.15, 0.2) is 75.1 Å². The van der Waals surface area contributed by atoms with Gasteiger partial charge in [-0.05, 0) is 42.7 Å². The molecule has 0 aliphatic rings. The van der Waals surface area contributed by atoms with Crippen LogP contribution >= 0.6 is 11.3 Å². The summed E-state index contributed by atoms with van der Waals surface area (Å²) in [6.45, 7) is 2.24. The summed E-state index contributed by atoms with van der Waals surface area (Å²) >= 11 is 1.08. The number of aryl methyl sites for hydroxylation is 1. The van der Waals surface area contributed by atoms with E-state index >= 15 is 0 Å². The van der Waals surface area contributed by atoms with Gasteiger partial charge in [-0.25, -0.2) is 0 Å². The smallest absolute Gasteiger partial charge is 0.339 e. The molecule has 0 aliphatic heterocycles. The van der Waals surface area contributed by atoms with Crippen LogP contribution in [0, 0.1) is 0 Å². The van der Waals surface area contributed by atoms with Crippen LogP contribution in [0.1, 0.15) is 76.7 Å². The average Bonchev–Trinajstić information content (AvgIpc) is 3.31. The summed E-state index contributed by atoms with van der Waals surface area (Å²) in [5, 5.41) is 2.79. The maximum atomic E-state index is 12.8. The first-order chi connectivity index (χ1) is 17.8. The van der Waals surface area contributed by atoms with Crippen LogP contribution in [0.3, 0.4) is 0 Å². The lowest BCUT2D eigenvalue weighted by atomic mass is 10.0. The number of hydrogen-bond acceptors (Lipinski definition) is 7. The Labute approximate surface area is 225 Å². The normalized spacial score (nSPS) is 11.9. The maximum Gasteiger partial charge on any atom is 0.339 e. The van der Waals surface area contributed by atoms with Gasteiger partial charge in [-0.15, -0.1) is 11.3 Å². The van der Waals surface area contributed by atoms with E-state index in [4.69, 9.17) is 8.37 Å². The van der Waals surface area contributed by atoms with E-state index in [9.17, 15) is 16.8 Å². The van der Waals surface area contributed by atoms with Crippen LogP contribution in [0.5, 0.6) is 11.5 Å². The quantitative estimate of drug-likeness (QED) is 0.123. The Balaban J connectivity index is 1.48. The Kier molecular flexibility index (Phi) is 11.5. The van der Waals surface area contributed by atoms with E-state index in [1.165, 1.54) is 92.8 Å². The van der Waals surface area contributed by atoms with E-state index in [-0.39, 0.29) is 21.3 Å². The molecule has 0 bridgehead atoms.